The van der Waals surface area contributed by atoms with E-state index in [0.717, 1.165) is 16.2 Å². The van der Waals surface area contributed by atoms with E-state index in [1.54, 1.807) is 24.4 Å². The molecule has 10 heteroatoms. The fourth-order valence-corrected chi connectivity index (χ4v) is 2.93. The van der Waals surface area contributed by atoms with Crippen molar-refractivity contribution in [3.63, 3.8) is 0 Å². The summed E-state index contributed by atoms with van der Waals surface area (Å²) in [6.07, 6.45) is 1.75. The molecule has 0 atom stereocenters. The number of thioether (sulfide) groups is 1. The first-order valence-electron chi connectivity index (χ1n) is 7.53. The van der Waals surface area contributed by atoms with Crippen LogP contribution in [0.25, 0.3) is 11.6 Å². The van der Waals surface area contributed by atoms with Crippen LogP contribution in [0.4, 0.5) is 5.69 Å². The normalized spacial score (nSPS) is 10.5. The molecule has 3 rings (SSSR count). The van der Waals surface area contributed by atoms with Gasteiger partial charge in [0.1, 0.15) is 5.69 Å². The molecule has 2 amide bonds. The van der Waals surface area contributed by atoms with Gasteiger partial charge < -0.3 is 20.0 Å². The summed E-state index contributed by atoms with van der Waals surface area (Å²) >= 11 is 4.44. The molecule has 26 heavy (non-hydrogen) atoms. The minimum atomic E-state index is -0.318. The number of amides is 2. The van der Waals surface area contributed by atoms with Crippen LogP contribution in [-0.2, 0) is 9.59 Å². The molecule has 3 N–H and O–H groups in total. The van der Waals surface area contributed by atoms with Crippen molar-refractivity contribution in [2.24, 2.45) is 0 Å². The molecule has 0 fully saturated rings. The van der Waals surface area contributed by atoms with Crippen LogP contribution >= 0.6 is 27.7 Å². The monoisotopic (exact) mass is 435 g/mol. The fourth-order valence-electron chi connectivity index (χ4n) is 1.95. The standard InChI is InChI=1S/C16H14BrN5O3S/c17-10-4-1-2-5-11(10)20-13(23)8-19-14(24)9-26-16-22-21-15(25-16)12-6-3-7-18-12/h1-7,18H,8-9H2,(H,19,24)(H,20,23). The van der Waals surface area contributed by atoms with Gasteiger partial charge in [-0.2, -0.15) is 0 Å². The summed E-state index contributed by atoms with van der Waals surface area (Å²) in [6, 6.07) is 10.9. The predicted molar refractivity (Wildman–Crippen MR) is 101 cm³/mol. The van der Waals surface area contributed by atoms with Gasteiger partial charge in [-0.3, -0.25) is 9.59 Å². The van der Waals surface area contributed by atoms with Crippen molar-refractivity contribution in [1.29, 1.82) is 0 Å². The average Bonchev–Trinajstić information content (AvgIpc) is 3.31. The molecule has 0 bridgehead atoms. The third kappa shape index (κ3) is 4.96. The van der Waals surface area contributed by atoms with Crippen LogP contribution in [0.15, 0.2) is 56.7 Å². The van der Waals surface area contributed by atoms with Gasteiger partial charge in [-0.1, -0.05) is 23.9 Å². The summed E-state index contributed by atoms with van der Waals surface area (Å²) < 4.78 is 6.21. The number of H-pyrrole nitrogens is 1. The minimum absolute atomic E-state index is 0.0642. The Morgan fingerprint density at radius 2 is 2.00 bits per heavy atom. The molecule has 0 unspecified atom stereocenters. The quantitative estimate of drug-likeness (QED) is 0.491. The van der Waals surface area contributed by atoms with Gasteiger partial charge in [-0.25, -0.2) is 0 Å². The number of nitrogens with zero attached hydrogens (tertiary/aromatic N) is 2. The number of hydrogen-bond acceptors (Lipinski definition) is 6. The number of aromatic nitrogens is 3. The van der Waals surface area contributed by atoms with Gasteiger partial charge in [0.05, 0.1) is 18.0 Å². The van der Waals surface area contributed by atoms with Gasteiger partial charge in [0.25, 0.3) is 11.1 Å². The lowest BCUT2D eigenvalue weighted by molar-refractivity contribution is -0.122. The Morgan fingerprint density at radius 1 is 1.15 bits per heavy atom. The predicted octanol–water partition coefficient (Wildman–Crippen LogP) is 2.67. The maximum atomic E-state index is 11.9. The molecule has 0 spiro atoms. The van der Waals surface area contributed by atoms with Crippen molar-refractivity contribution in [2.45, 2.75) is 5.22 Å². The summed E-state index contributed by atoms with van der Waals surface area (Å²) in [5.41, 5.74) is 1.35. The summed E-state index contributed by atoms with van der Waals surface area (Å²) in [4.78, 5) is 26.7. The van der Waals surface area contributed by atoms with Crippen molar-refractivity contribution >= 4 is 45.2 Å². The second-order valence-electron chi connectivity index (χ2n) is 5.05. The van der Waals surface area contributed by atoms with Gasteiger partial charge in [-0.15, -0.1) is 10.2 Å². The highest BCUT2D eigenvalue weighted by atomic mass is 79.9. The Kier molecular flexibility index (Phi) is 6.08. The fraction of sp³-hybridized carbons (Fsp3) is 0.125. The molecular weight excluding hydrogens is 422 g/mol. The van der Waals surface area contributed by atoms with E-state index in [9.17, 15) is 9.59 Å². The number of para-hydroxylation sites is 1. The van der Waals surface area contributed by atoms with E-state index in [1.165, 1.54) is 0 Å². The molecule has 0 saturated carbocycles. The van der Waals surface area contributed by atoms with Crippen LogP contribution in [-0.4, -0.2) is 39.3 Å². The van der Waals surface area contributed by atoms with E-state index in [2.05, 4.69) is 41.7 Å². The molecule has 8 nitrogen and oxygen atoms in total. The van der Waals surface area contributed by atoms with Gasteiger partial charge in [-0.05, 0) is 40.2 Å². The van der Waals surface area contributed by atoms with Crippen molar-refractivity contribution in [3.8, 4) is 11.6 Å². The second-order valence-corrected chi connectivity index (χ2v) is 6.83. The van der Waals surface area contributed by atoms with Crippen LogP contribution in [0.3, 0.4) is 0 Å². The average molecular weight is 436 g/mol. The highest BCUT2D eigenvalue weighted by Gasteiger charge is 2.12. The summed E-state index contributed by atoms with van der Waals surface area (Å²) in [7, 11) is 0. The molecule has 0 saturated heterocycles. The molecule has 1 aromatic carbocycles. The van der Waals surface area contributed by atoms with Crippen LogP contribution in [0.1, 0.15) is 0 Å². The van der Waals surface area contributed by atoms with Crippen LogP contribution in [0.2, 0.25) is 0 Å². The third-order valence-electron chi connectivity index (χ3n) is 3.16. The first-order valence-corrected chi connectivity index (χ1v) is 9.31. The summed E-state index contributed by atoms with van der Waals surface area (Å²) in [5, 5.41) is 13.3. The Bertz CT molecular complexity index is 897. The molecule has 0 aliphatic heterocycles. The van der Waals surface area contributed by atoms with E-state index < -0.39 is 0 Å². The Labute approximate surface area is 161 Å². The number of rotatable bonds is 7. The first kappa shape index (κ1) is 18.2. The number of carbonyl (C=O) groups is 2. The van der Waals surface area contributed by atoms with E-state index in [1.807, 2.05) is 18.2 Å². The lowest BCUT2D eigenvalue weighted by Crippen LogP contribution is -2.33. The number of anilines is 1. The SMILES string of the molecule is O=C(CSc1nnc(-c2ccc[nH]2)o1)NCC(=O)Nc1ccccc1Br. The highest BCUT2D eigenvalue weighted by Crippen LogP contribution is 2.22. The van der Waals surface area contributed by atoms with E-state index in [0.29, 0.717) is 17.3 Å². The molecular formula is C16H14BrN5O3S. The Hall–Kier alpha value is -2.59. The van der Waals surface area contributed by atoms with E-state index in [-0.39, 0.29) is 29.3 Å². The van der Waals surface area contributed by atoms with Gasteiger partial charge in [0.15, 0.2) is 0 Å². The third-order valence-corrected chi connectivity index (χ3v) is 4.67. The number of aromatic amines is 1. The zero-order valence-corrected chi connectivity index (χ0v) is 15.8. The Balaban J connectivity index is 1.42. The molecule has 0 aliphatic rings. The van der Waals surface area contributed by atoms with Crippen molar-refractivity contribution < 1.29 is 14.0 Å². The summed E-state index contributed by atoms with van der Waals surface area (Å²) in [5.74, 6) is -0.209. The van der Waals surface area contributed by atoms with Gasteiger partial charge >= 0.3 is 0 Å². The highest BCUT2D eigenvalue weighted by molar-refractivity contribution is 9.10. The molecule has 2 aromatic heterocycles. The number of halogens is 1. The topological polar surface area (TPSA) is 113 Å². The number of hydrogen-bond donors (Lipinski definition) is 3. The Morgan fingerprint density at radius 3 is 2.77 bits per heavy atom. The van der Waals surface area contributed by atoms with Gasteiger partial charge in [0.2, 0.25) is 11.8 Å². The number of carbonyl (C=O) groups excluding carboxylic acids is 2. The van der Waals surface area contributed by atoms with E-state index >= 15 is 0 Å². The second kappa shape index (κ2) is 8.68. The zero-order chi connectivity index (χ0) is 18.4. The van der Waals surface area contributed by atoms with Crippen molar-refractivity contribution in [3.05, 3.63) is 47.1 Å². The number of benzene rings is 1. The van der Waals surface area contributed by atoms with Crippen LogP contribution in [0, 0.1) is 0 Å². The largest absolute Gasteiger partial charge is 0.410 e. The lowest BCUT2D eigenvalue weighted by Gasteiger charge is -2.07. The maximum absolute atomic E-state index is 11.9. The smallest absolute Gasteiger partial charge is 0.277 e. The molecule has 3 aromatic rings. The van der Waals surface area contributed by atoms with Gasteiger partial charge in [0, 0.05) is 10.7 Å². The maximum Gasteiger partial charge on any atom is 0.277 e. The summed E-state index contributed by atoms with van der Waals surface area (Å²) in [6.45, 7) is -0.127. The van der Waals surface area contributed by atoms with Crippen LogP contribution < -0.4 is 10.6 Å². The van der Waals surface area contributed by atoms with Crippen LogP contribution in [0.5, 0.6) is 0 Å². The molecule has 0 radical (unpaired) electrons. The van der Waals surface area contributed by atoms with E-state index in [4.69, 9.17) is 4.42 Å². The van der Waals surface area contributed by atoms with Crippen molar-refractivity contribution in [2.75, 3.05) is 17.6 Å². The number of nitrogens with one attached hydrogen (secondary N) is 3. The zero-order valence-electron chi connectivity index (χ0n) is 13.4. The lowest BCUT2D eigenvalue weighted by atomic mass is 10.3. The molecule has 0 aliphatic carbocycles. The molecule has 134 valence electrons. The molecule has 2 heterocycles. The minimum Gasteiger partial charge on any atom is -0.410 e. The first-order chi connectivity index (χ1) is 12.6. The van der Waals surface area contributed by atoms with Crippen molar-refractivity contribution in [1.82, 2.24) is 20.5 Å².